The molecule has 3 aromatic rings. The van der Waals surface area contributed by atoms with Crippen molar-refractivity contribution in [2.45, 2.75) is 38.4 Å². The summed E-state index contributed by atoms with van der Waals surface area (Å²) in [5, 5.41) is 17.5. The number of hydrogen-bond donors (Lipinski definition) is 3. The first kappa shape index (κ1) is 19.5. The number of aryl methyl sites for hydroxylation is 1. The van der Waals surface area contributed by atoms with Crippen LogP contribution in [0.2, 0.25) is 0 Å². The summed E-state index contributed by atoms with van der Waals surface area (Å²) in [4.78, 5) is 16.1. The van der Waals surface area contributed by atoms with Gasteiger partial charge in [-0.15, -0.1) is 0 Å². The number of fused-ring (bicyclic) bond motifs is 1. The number of anilines is 3. The molecule has 3 N–H and O–H groups in total. The maximum absolute atomic E-state index is 9.95. The van der Waals surface area contributed by atoms with Crippen molar-refractivity contribution in [2.24, 2.45) is 0 Å². The van der Waals surface area contributed by atoms with Crippen LogP contribution < -0.4 is 20.3 Å². The van der Waals surface area contributed by atoms with E-state index in [9.17, 15) is 5.11 Å². The molecular weight excluding hydrogens is 400 g/mol. The largest absolute Gasteiger partial charge is 0.473 e. The van der Waals surface area contributed by atoms with Gasteiger partial charge in [0.15, 0.2) is 5.13 Å². The Labute approximate surface area is 179 Å². The summed E-state index contributed by atoms with van der Waals surface area (Å²) in [6.07, 6.45) is 4.59. The molecule has 2 aliphatic heterocycles. The summed E-state index contributed by atoms with van der Waals surface area (Å²) in [6, 6.07) is 5.88. The molecule has 5 heterocycles. The van der Waals surface area contributed by atoms with Crippen molar-refractivity contribution in [2.75, 3.05) is 36.4 Å². The van der Waals surface area contributed by atoms with Crippen LogP contribution in [0.3, 0.4) is 0 Å². The lowest BCUT2D eigenvalue weighted by atomic mass is 10.1. The van der Waals surface area contributed by atoms with Gasteiger partial charge in [-0.05, 0) is 44.4 Å². The van der Waals surface area contributed by atoms with Gasteiger partial charge in [0.05, 0.1) is 16.3 Å². The second kappa shape index (κ2) is 8.33. The smallest absolute Gasteiger partial charge is 0.215 e. The number of rotatable bonds is 5. The van der Waals surface area contributed by atoms with Gasteiger partial charge < -0.3 is 25.4 Å². The first-order valence-corrected chi connectivity index (χ1v) is 11.3. The lowest BCUT2D eigenvalue weighted by molar-refractivity contribution is 0.154. The predicted molar refractivity (Wildman–Crippen MR) is 119 cm³/mol. The van der Waals surface area contributed by atoms with Gasteiger partial charge in [0.2, 0.25) is 5.88 Å². The van der Waals surface area contributed by atoms with Crippen molar-refractivity contribution in [3.05, 3.63) is 30.0 Å². The van der Waals surface area contributed by atoms with Crippen LogP contribution in [0.25, 0.3) is 10.2 Å². The number of aliphatic hydroxyl groups excluding tert-OH is 1. The molecular formula is C21H26N6O2S. The molecule has 8 nitrogen and oxygen atoms in total. The van der Waals surface area contributed by atoms with E-state index in [1.165, 1.54) is 0 Å². The van der Waals surface area contributed by atoms with Crippen LogP contribution in [0.1, 0.15) is 24.8 Å². The summed E-state index contributed by atoms with van der Waals surface area (Å²) in [7, 11) is 0. The van der Waals surface area contributed by atoms with Gasteiger partial charge in [-0.3, -0.25) is 0 Å². The minimum Gasteiger partial charge on any atom is -0.473 e. The molecule has 2 fully saturated rings. The zero-order valence-electron chi connectivity index (χ0n) is 17.0. The van der Waals surface area contributed by atoms with Crippen LogP contribution in [-0.2, 0) is 0 Å². The molecule has 5 rings (SSSR count). The van der Waals surface area contributed by atoms with Crippen molar-refractivity contribution >= 4 is 38.3 Å². The third-order valence-corrected chi connectivity index (χ3v) is 6.50. The Morgan fingerprint density at radius 1 is 1.23 bits per heavy atom. The molecule has 158 valence electrons. The fourth-order valence-corrected chi connectivity index (χ4v) is 4.90. The van der Waals surface area contributed by atoms with Crippen molar-refractivity contribution in [1.29, 1.82) is 0 Å². The molecule has 0 aromatic carbocycles. The first-order chi connectivity index (χ1) is 14.6. The normalized spacial score (nSPS) is 21.9. The van der Waals surface area contributed by atoms with E-state index in [1.807, 2.05) is 31.3 Å². The third-order valence-electron chi connectivity index (χ3n) is 5.44. The molecule has 0 spiro atoms. The number of piperidine rings is 1. The van der Waals surface area contributed by atoms with E-state index < -0.39 is 0 Å². The molecule has 0 saturated carbocycles. The maximum Gasteiger partial charge on any atom is 0.215 e. The molecule has 3 aromatic heterocycles. The lowest BCUT2D eigenvalue weighted by Gasteiger charge is -2.29. The van der Waals surface area contributed by atoms with Crippen molar-refractivity contribution in [1.82, 2.24) is 20.3 Å². The first-order valence-electron chi connectivity index (χ1n) is 10.4. The summed E-state index contributed by atoms with van der Waals surface area (Å²) < 4.78 is 7.05. The van der Waals surface area contributed by atoms with Gasteiger partial charge in [-0.1, -0.05) is 11.3 Å². The lowest BCUT2D eigenvalue weighted by Crippen LogP contribution is -2.38. The molecule has 30 heavy (non-hydrogen) atoms. The fourth-order valence-electron chi connectivity index (χ4n) is 3.95. The molecule has 0 aliphatic carbocycles. The van der Waals surface area contributed by atoms with Crippen molar-refractivity contribution in [3.63, 3.8) is 0 Å². The minimum atomic E-state index is -0.273. The Morgan fingerprint density at radius 2 is 2.17 bits per heavy atom. The highest BCUT2D eigenvalue weighted by Crippen LogP contribution is 2.31. The zero-order valence-corrected chi connectivity index (χ0v) is 17.8. The summed E-state index contributed by atoms with van der Waals surface area (Å²) in [5.41, 5.74) is 1.97. The number of nitrogens with zero attached hydrogens (tertiary/aromatic N) is 4. The molecule has 2 saturated heterocycles. The number of ether oxygens (including phenoxy) is 1. The van der Waals surface area contributed by atoms with E-state index in [0.717, 1.165) is 59.8 Å². The molecule has 0 bridgehead atoms. The molecule has 9 heteroatoms. The Bertz CT molecular complexity index is 1040. The van der Waals surface area contributed by atoms with Gasteiger partial charge in [-0.2, -0.15) is 4.98 Å². The molecule has 0 radical (unpaired) electrons. The van der Waals surface area contributed by atoms with Crippen LogP contribution in [0.4, 0.5) is 16.8 Å². The van der Waals surface area contributed by atoms with E-state index in [2.05, 4.69) is 25.5 Å². The number of nitrogens with one attached hydrogen (secondary N) is 2. The number of thiazole rings is 1. The van der Waals surface area contributed by atoms with Gasteiger partial charge in [-0.25, -0.2) is 9.97 Å². The Hall–Kier alpha value is -2.49. The van der Waals surface area contributed by atoms with Gasteiger partial charge >= 0.3 is 0 Å². The Morgan fingerprint density at radius 3 is 3.00 bits per heavy atom. The molecule has 2 atom stereocenters. The highest BCUT2D eigenvalue weighted by Gasteiger charge is 2.21. The van der Waals surface area contributed by atoms with Crippen molar-refractivity contribution in [3.8, 4) is 5.88 Å². The van der Waals surface area contributed by atoms with Crippen LogP contribution in [0.15, 0.2) is 24.4 Å². The highest BCUT2D eigenvalue weighted by atomic mass is 32.1. The third kappa shape index (κ3) is 4.33. The Kier molecular flexibility index (Phi) is 5.41. The van der Waals surface area contributed by atoms with Gasteiger partial charge in [0.1, 0.15) is 17.7 Å². The zero-order chi connectivity index (χ0) is 20.5. The van der Waals surface area contributed by atoms with Crippen LogP contribution in [-0.4, -0.2) is 58.4 Å². The van der Waals surface area contributed by atoms with E-state index >= 15 is 0 Å². The van der Waals surface area contributed by atoms with Gasteiger partial charge in [0.25, 0.3) is 0 Å². The number of aromatic nitrogens is 3. The van der Waals surface area contributed by atoms with Crippen LogP contribution >= 0.6 is 11.3 Å². The maximum atomic E-state index is 9.95. The summed E-state index contributed by atoms with van der Waals surface area (Å²) in [5.74, 6) is 2.04. The minimum absolute atomic E-state index is 0.170. The average Bonchev–Trinajstić information content (AvgIpc) is 3.37. The van der Waals surface area contributed by atoms with E-state index in [0.29, 0.717) is 24.1 Å². The Balaban J connectivity index is 1.34. The second-order valence-corrected chi connectivity index (χ2v) is 9.01. The summed E-state index contributed by atoms with van der Waals surface area (Å²) in [6.45, 7) is 5.45. The van der Waals surface area contributed by atoms with E-state index in [4.69, 9.17) is 9.72 Å². The standard InChI is InChI=1S/C21H26N6O2S/c1-13-7-19(26-20(8-13)29-15-4-5-22-10-15)25-18-9-16-17(11-23-18)30-21(24-16)27-6-2-3-14(28)12-27/h7-9,11,14-15,22,28H,2-6,10,12H2,1H3,(H,23,25,26)/t14-,15-/m0/s1. The fraction of sp³-hybridized carbons (Fsp3) is 0.476. The van der Waals surface area contributed by atoms with Crippen molar-refractivity contribution < 1.29 is 9.84 Å². The number of β-amino-alcohol motifs (C(OH)–C–C–N with tert-alkyl or cyclic N) is 1. The van der Waals surface area contributed by atoms with E-state index in [-0.39, 0.29) is 12.2 Å². The number of aliphatic hydroxyl groups is 1. The van der Waals surface area contributed by atoms with Gasteiger partial charge in [0, 0.05) is 38.0 Å². The molecule has 0 amide bonds. The quantitative estimate of drug-likeness (QED) is 0.573. The molecule has 0 unspecified atom stereocenters. The molecule has 2 aliphatic rings. The van der Waals surface area contributed by atoms with E-state index in [1.54, 1.807) is 11.3 Å². The topological polar surface area (TPSA) is 95.4 Å². The summed E-state index contributed by atoms with van der Waals surface area (Å²) >= 11 is 1.62. The predicted octanol–water partition coefficient (Wildman–Crippen LogP) is 2.84. The van der Waals surface area contributed by atoms with Crippen LogP contribution in [0.5, 0.6) is 5.88 Å². The van der Waals surface area contributed by atoms with Crippen LogP contribution in [0, 0.1) is 6.92 Å². The second-order valence-electron chi connectivity index (χ2n) is 8.00. The monoisotopic (exact) mass is 426 g/mol. The number of pyridine rings is 2. The SMILES string of the molecule is Cc1cc(Nc2cc3nc(N4CCC[C@H](O)C4)sc3cn2)nc(O[C@H]2CCNC2)c1. The average molecular weight is 427 g/mol. The number of hydrogen-bond acceptors (Lipinski definition) is 9. The highest BCUT2D eigenvalue weighted by molar-refractivity contribution is 7.22.